The first kappa shape index (κ1) is 12.5. The molecule has 0 aliphatic rings. The summed E-state index contributed by atoms with van der Waals surface area (Å²) < 4.78 is 1.29. The van der Waals surface area contributed by atoms with Crippen molar-refractivity contribution in [3.05, 3.63) is 63.6 Å². The lowest BCUT2D eigenvalue weighted by Gasteiger charge is -2.12. The van der Waals surface area contributed by atoms with Crippen molar-refractivity contribution in [1.29, 1.82) is 0 Å². The highest BCUT2D eigenvalue weighted by molar-refractivity contribution is 5.22. The van der Waals surface area contributed by atoms with Crippen LogP contribution in [0, 0.1) is 13.8 Å². The molecule has 0 saturated heterocycles. The lowest BCUT2D eigenvalue weighted by atomic mass is 10.1. The van der Waals surface area contributed by atoms with Gasteiger partial charge in [-0.1, -0.05) is 29.8 Å². The summed E-state index contributed by atoms with van der Waals surface area (Å²) in [6, 6.07) is 10.7. The van der Waals surface area contributed by atoms with Gasteiger partial charge >= 0.3 is 0 Å². The molecule has 94 valence electrons. The molecule has 2 rings (SSSR count). The van der Waals surface area contributed by atoms with Crippen LogP contribution in [-0.4, -0.2) is 14.9 Å². The first-order valence-electron chi connectivity index (χ1n) is 5.85. The molecule has 0 radical (unpaired) electrons. The Bertz CT molecular complexity index is 587. The van der Waals surface area contributed by atoms with Gasteiger partial charge in [0.25, 0.3) is 5.56 Å². The van der Waals surface area contributed by atoms with E-state index in [9.17, 15) is 9.90 Å². The number of hydrogen-bond donors (Lipinski definition) is 1. The van der Waals surface area contributed by atoms with Gasteiger partial charge in [-0.05, 0) is 25.5 Å². The van der Waals surface area contributed by atoms with E-state index in [-0.39, 0.29) is 12.1 Å². The van der Waals surface area contributed by atoms with E-state index >= 15 is 0 Å². The Kier molecular flexibility index (Phi) is 3.58. The van der Waals surface area contributed by atoms with Crippen LogP contribution >= 0.6 is 0 Å². The van der Waals surface area contributed by atoms with Crippen LogP contribution in [0.5, 0.6) is 0 Å². The number of nitrogens with zero attached hydrogens (tertiary/aromatic N) is 2. The van der Waals surface area contributed by atoms with Crippen molar-refractivity contribution < 1.29 is 5.11 Å². The zero-order valence-electron chi connectivity index (χ0n) is 10.5. The van der Waals surface area contributed by atoms with E-state index < -0.39 is 6.10 Å². The van der Waals surface area contributed by atoms with E-state index in [4.69, 9.17) is 0 Å². The summed E-state index contributed by atoms with van der Waals surface area (Å²) in [5, 5.41) is 14.2. The second-order valence-electron chi connectivity index (χ2n) is 4.42. The maximum Gasteiger partial charge on any atom is 0.266 e. The molecule has 1 aromatic heterocycles. The Morgan fingerprint density at radius 2 is 1.83 bits per heavy atom. The molecular formula is C14H16N2O2. The molecule has 4 heteroatoms. The van der Waals surface area contributed by atoms with Crippen molar-refractivity contribution in [1.82, 2.24) is 9.78 Å². The molecule has 0 aliphatic carbocycles. The van der Waals surface area contributed by atoms with Gasteiger partial charge in [0.1, 0.15) is 0 Å². The predicted molar refractivity (Wildman–Crippen MR) is 69.4 cm³/mol. The Balaban J connectivity index is 2.21. The fourth-order valence-electron chi connectivity index (χ4n) is 1.74. The minimum absolute atomic E-state index is 0.170. The van der Waals surface area contributed by atoms with E-state index in [1.165, 1.54) is 10.7 Å². The van der Waals surface area contributed by atoms with Crippen molar-refractivity contribution >= 4 is 0 Å². The van der Waals surface area contributed by atoms with Crippen molar-refractivity contribution in [3.63, 3.8) is 0 Å². The van der Waals surface area contributed by atoms with Gasteiger partial charge in [-0.2, -0.15) is 5.10 Å². The van der Waals surface area contributed by atoms with E-state index in [0.717, 1.165) is 16.8 Å². The smallest absolute Gasteiger partial charge is 0.266 e. The van der Waals surface area contributed by atoms with Crippen molar-refractivity contribution in [2.45, 2.75) is 26.5 Å². The van der Waals surface area contributed by atoms with Gasteiger partial charge in [-0.15, -0.1) is 0 Å². The van der Waals surface area contributed by atoms with Crippen molar-refractivity contribution in [2.24, 2.45) is 0 Å². The highest BCUT2D eigenvalue weighted by Gasteiger charge is 2.09. The molecule has 1 N–H and O–H groups in total. The highest BCUT2D eigenvalue weighted by Crippen LogP contribution is 2.14. The zero-order chi connectivity index (χ0) is 13.1. The van der Waals surface area contributed by atoms with Crippen LogP contribution in [0.15, 0.2) is 41.2 Å². The lowest BCUT2D eigenvalue weighted by molar-refractivity contribution is 0.149. The monoisotopic (exact) mass is 244 g/mol. The molecule has 18 heavy (non-hydrogen) atoms. The molecule has 0 fully saturated rings. The van der Waals surface area contributed by atoms with Gasteiger partial charge in [0.05, 0.1) is 18.3 Å². The molecule has 0 saturated carbocycles. The Morgan fingerprint density at radius 3 is 2.50 bits per heavy atom. The maximum absolute atomic E-state index is 11.6. The van der Waals surface area contributed by atoms with Crippen LogP contribution in [-0.2, 0) is 6.54 Å². The van der Waals surface area contributed by atoms with Crippen LogP contribution in [0.1, 0.15) is 22.9 Å². The summed E-state index contributed by atoms with van der Waals surface area (Å²) >= 11 is 0. The lowest BCUT2D eigenvalue weighted by Crippen LogP contribution is -2.25. The quantitative estimate of drug-likeness (QED) is 0.892. The highest BCUT2D eigenvalue weighted by atomic mass is 16.3. The van der Waals surface area contributed by atoms with Crippen molar-refractivity contribution in [3.8, 4) is 0 Å². The van der Waals surface area contributed by atoms with E-state index in [0.29, 0.717) is 0 Å². The van der Waals surface area contributed by atoms with Gasteiger partial charge in [0.2, 0.25) is 0 Å². The number of hydrogen-bond acceptors (Lipinski definition) is 3. The summed E-state index contributed by atoms with van der Waals surface area (Å²) in [5.41, 5.74) is 2.48. The summed E-state index contributed by atoms with van der Waals surface area (Å²) in [7, 11) is 0. The third-order valence-corrected chi connectivity index (χ3v) is 2.81. The molecule has 0 spiro atoms. The minimum atomic E-state index is -0.724. The number of benzene rings is 1. The number of aromatic nitrogens is 2. The first-order chi connectivity index (χ1) is 8.56. The van der Waals surface area contributed by atoms with Crippen LogP contribution in [0.25, 0.3) is 0 Å². The number of aliphatic hydroxyl groups excluding tert-OH is 1. The van der Waals surface area contributed by atoms with Crippen LogP contribution in [0.3, 0.4) is 0 Å². The zero-order valence-corrected chi connectivity index (χ0v) is 10.5. The van der Waals surface area contributed by atoms with Gasteiger partial charge in [-0.3, -0.25) is 4.79 Å². The molecule has 1 unspecified atom stereocenters. The predicted octanol–water partition coefficient (Wildman–Crippen LogP) is 1.59. The molecule has 1 atom stereocenters. The summed E-state index contributed by atoms with van der Waals surface area (Å²) in [5.74, 6) is 0. The van der Waals surface area contributed by atoms with Gasteiger partial charge in [-0.25, -0.2) is 4.68 Å². The average Bonchev–Trinajstić information content (AvgIpc) is 2.34. The SMILES string of the molecule is Cc1ccc(C(O)Cn2nc(C)ccc2=O)cc1. The van der Waals surface area contributed by atoms with Crippen LogP contribution in [0.2, 0.25) is 0 Å². The number of rotatable bonds is 3. The van der Waals surface area contributed by atoms with Crippen LogP contribution in [0.4, 0.5) is 0 Å². The Morgan fingerprint density at radius 1 is 1.17 bits per heavy atom. The van der Waals surface area contributed by atoms with E-state index in [2.05, 4.69) is 5.10 Å². The van der Waals surface area contributed by atoms with E-state index in [1.807, 2.05) is 38.1 Å². The topological polar surface area (TPSA) is 55.1 Å². The third-order valence-electron chi connectivity index (χ3n) is 2.81. The summed E-state index contributed by atoms with van der Waals surface area (Å²) in [4.78, 5) is 11.6. The molecule has 1 aromatic carbocycles. The fourth-order valence-corrected chi connectivity index (χ4v) is 1.74. The molecule has 0 aliphatic heterocycles. The molecule has 0 bridgehead atoms. The third kappa shape index (κ3) is 2.84. The van der Waals surface area contributed by atoms with Gasteiger partial charge in [0, 0.05) is 6.07 Å². The number of aryl methyl sites for hydroxylation is 2. The summed E-state index contributed by atoms with van der Waals surface area (Å²) in [6.07, 6.45) is -0.724. The maximum atomic E-state index is 11.6. The van der Waals surface area contributed by atoms with E-state index in [1.54, 1.807) is 6.07 Å². The summed E-state index contributed by atoms with van der Waals surface area (Å²) in [6.45, 7) is 3.97. The minimum Gasteiger partial charge on any atom is -0.386 e. The molecule has 2 aromatic rings. The van der Waals surface area contributed by atoms with Gasteiger partial charge in [0.15, 0.2) is 0 Å². The van der Waals surface area contributed by atoms with Crippen molar-refractivity contribution in [2.75, 3.05) is 0 Å². The second-order valence-corrected chi connectivity index (χ2v) is 4.42. The average molecular weight is 244 g/mol. The first-order valence-corrected chi connectivity index (χ1v) is 5.85. The standard InChI is InChI=1S/C14H16N2O2/c1-10-3-6-12(7-4-10)13(17)9-16-14(18)8-5-11(2)15-16/h3-8,13,17H,9H2,1-2H3. The molecule has 0 amide bonds. The fraction of sp³-hybridized carbons (Fsp3) is 0.286. The number of aliphatic hydroxyl groups is 1. The molecule has 4 nitrogen and oxygen atoms in total. The normalized spacial score (nSPS) is 12.4. The van der Waals surface area contributed by atoms with Gasteiger partial charge < -0.3 is 5.11 Å². The molecule has 1 heterocycles. The largest absolute Gasteiger partial charge is 0.386 e. The second kappa shape index (κ2) is 5.14. The van der Waals surface area contributed by atoms with Crippen LogP contribution < -0.4 is 5.56 Å². The Hall–Kier alpha value is -1.94. The Labute approximate surface area is 106 Å². The molecular weight excluding hydrogens is 228 g/mol.